The van der Waals surface area contributed by atoms with E-state index in [-0.39, 0.29) is 5.91 Å². The zero-order valence-electron chi connectivity index (χ0n) is 10.7. The lowest BCUT2D eigenvalue weighted by Gasteiger charge is -2.22. The van der Waals surface area contributed by atoms with Crippen LogP contribution in [0.4, 0.5) is 5.69 Å². The predicted molar refractivity (Wildman–Crippen MR) is 69.3 cm³/mol. The van der Waals surface area contributed by atoms with Crippen molar-refractivity contribution in [3.05, 3.63) is 42.5 Å². The Hall–Kier alpha value is -2.68. The van der Waals surface area contributed by atoms with Crippen molar-refractivity contribution in [2.75, 3.05) is 11.9 Å². The standard InChI is InChI=1S/C13H13N5O/c1-10(18-9-15-8-16-18)13(19)17(2)12-6-4-3-5-11(12)7-14/h3-6,8-10H,1-2H3. The molecule has 0 saturated heterocycles. The average molecular weight is 255 g/mol. The normalized spacial score (nSPS) is 11.6. The molecule has 96 valence electrons. The van der Waals surface area contributed by atoms with Crippen LogP contribution < -0.4 is 4.90 Å². The van der Waals surface area contributed by atoms with Gasteiger partial charge in [-0.25, -0.2) is 9.67 Å². The van der Waals surface area contributed by atoms with Crippen molar-refractivity contribution in [3.8, 4) is 6.07 Å². The first-order valence-corrected chi connectivity index (χ1v) is 5.76. The second kappa shape index (κ2) is 5.31. The second-order valence-electron chi connectivity index (χ2n) is 4.08. The zero-order chi connectivity index (χ0) is 13.8. The van der Waals surface area contributed by atoms with Gasteiger partial charge in [-0.15, -0.1) is 0 Å². The number of hydrogen-bond acceptors (Lipinski definition) is 4. The van der Waals surface area contributed by atoms with Crippen LogP contribution in [-0.2, 0) is 4.79 Å². The molecule has 0 fully saturated rings. The largest absolute Gasteiger partial charge is 0.312 e. The van der Waals surface area contributed by atoms with Crippen molar-refractivity contribution in [2.24, 2.45) is 0 Å². The van der Waals surface area contributed by atoms with Crippen LogP contribution in [0.3, 0.4) is 0 Å². The number of carbonyl (C=O) groups is 1. The number of likely N-dealkylation sites (N-methyl/N-ethyl adjacent to an activating group) is 1. The number of benzene rings is 1. The van der Waals surface area contributed by atoms with Gasteiger partial charge in [0.2, 0.25) is 0 Å². The van der Waals surface area contributed by atoms with Crippen LogP contribution >= 0.6 is 0 Å². The Morgan fingerprint density at radius 1 is 1.47 bits per heavy atom. The maximum absolute atomic E-state index is 12.3. The number of nitrogens with zero attached hydrogens (tertiary/aromatic N) is 5. The highest BCUT2D eigenvalue weighted by Crippen LogP contribution is 2.20. The molecule has 6 nitrogen and oxygen atoms in total. The van der Waals surface area contributed by atoms with Gasteiger partial charge in [0.1, 0.15) is 24.8 Å². The Morgan fingerprint density at radius 2 is 2.21 bits per heavy atom. The minimum absolute atomic E-state index is 0.159. The zero-order valence-corrected chi connectivity index (χ0v) is 10.7. The van der Waals surface area contributed by atoms with Crippen molar-refractivity contribution < 1.29 is 4.79 Å². The van der Waals surface area contributed by atoms with E-state index >= 15 is 0 Å². The number of anilines is 1. The Balaban J connectivity index is 2.27. The fourth-order valence-electron chi connectivity index (χ4n) is 1.79. The molecule has 1 aromatic carbocycles. The van der Waals surface area contributed by atoms with Gasteiger partial charge in [0, 0.05) is 7.05 Å². The topological polar surface area (TPSA) is 74.8 Å². The van der Waals surface area contributed by atoms with E-state index in [4.69, 9.17) is 5.26 Å². The Kier molecular flexibility index (Phi) is 3.57. The Bertz CT molecular complexity index is 614. The summed E-state index contributed by atoms with van der Waals surface area (Å²) in [6.45, 7) is 1.74. The lowest BCUT2D eigenvalue weighted by Crippen LogP contribution is -2.33. The van der Waals surface area contributed by atoms with E-state index < -0.39 is 6.04 Å². The summed E-state index contributed by atoms with van der Waals surface area (Å²) < 4.78 is 1.48. The summed E-state index contributed by atoms with van der Waals surface area (Å²) in [6, 6.07) is 8.58. The lowest BCUT2D eigenvalue weighted by molar-refractivity contribution is -0.121. The molecule has 2 aromatic rings. The molecule has 1 heterocycles. The van der Waals surface area contributed by atoms with Crippen LogP contribution in [0.25, 0.3) is 0 Å². The highest BCUT2D eigenvalue weighted by molar-refractivity contribution is 5.96. The van der Waals surface area contributed by atoms with E-state index in [0.717, 1.165) is 0 Å². The van der Waals surface area contributed by atoms with E-state index in [1.165, 1.54) is 22.2 Å². The molecule has 0 bridgehead atoms. The maximum Gasteiger partial charge on any atom is 0.251 e. The van der Waals surface area contributed by atoms with Crippen molar-refractivity contribution >= 4 is 11.6 Å². The molecule has 0 aliphatic carbocycles. The van der Waals surface area contributed by atoms with Crippen LogP contribution in [0.5, 0.6) is 0 Å². The minimum Gasteiger partial charge on any atom is -0.312 e. The quantitative estimate of drug-likeness (QED) is 0.830. The Labute approximate surface area is 110 Å². The lowest BCUT2D eigenvalue weighted by atomic mass is 10.1. The van der Waals surface area contributed by atoms with Crippen LogP contribution in [0.1, 0.15) is 18.5 Å². The van der Waals surface area contributed by atoms with Gasteiger partial charge in [-0.3, -0.25) is 4.79 Å². The molecule has 0 N–H and O–H groups in total. The van der Waals surface area contributed by atoms with E-state index in [1.807, 2.05) is 0 Å². The average Bonchev–Trinajstić information content (AvgIpc) is 2.99. The molecular formula is C13H13N5O. The van der Waals surface area contributed by atoms with Gasteiger partial charge in [-0.05, 0) is 19.1 Å². The summed E-state index contributed by atoms with van der Waals surface area (Å²) in [7, 11) is 1.64. The molecule has 0 aliphatic rings. The number of rotatable bonds is 3. The molecule has 0 saturated carbocycles. The molecule has 0 aliphatic heterocycles. The summed E-state index contributed by atoms with van der Waals surface area (Å²) in [5.41, 5.74) is 1.05. The van der Waals surface area contributed by atoms with Gasteiger partial charge in [0.25, 0.3) is 5.91 Å². The molecule has 1 amide bonds. The van der Waals surface area contributed by atoms with Crippen molar-refractivity contribution in [2.45, 2.75) is 13.0 Å². The highest BCUT2D eigenvalue weighted by atomic mass is 16.2. The summed E-state index contributed by atoms with van der Waals surface area (Å²) >= 11 is 0. The van der Waals surface area contributed by atoms with Crippen molar-refractivity contribution in [3.63, 3.8) is 0 Å². The smallest absolute Gasteiger partial charge is 0.251 e. The van der Waals surface area contributed by atoms with Gasteiger partial charge in [0.15, 0.2) is 0 Å². The summed E-state index contributed by atoms with van der Waals surface area (Å²) in [5, 5.41) is 13.0. The van der Waals surface area contributed by atoms with Crippen LogP contribution in [0, 0.1) is 11.3 Å². The van der Waals surface area contributed by atoms with Crippen LogP contribution in [0.2, 0.25) is 0 Å². The van der Waals surface area contributed by atoms with Gasteiger partial charge in [0.05, 0.1) is 11.3 Å². The van der Waals surface area contributed by atoms with E-state index in [1.54, 1.807) is 38.2 Å². The van der Waals surface area contributed by atoms with E-state index in [9.17, 15) is 4.79 Å². The van der Waals surface area contributed by atoms with Crippen molar-refractivity contribution in [1.29, 1.82) is 5.26 Å². The van der Waals surface area contributed by atoms with Crippen LogP contribution in [0.15, 0.2) is 36.9 Å². The molecule has 2 rings (SSSR count). The SMILES string of the molecule is CC(C(=O)N(C)c1ccccc1C#N)n1cncn1. The molecule has 1 atom stereocenters. The number of carbonyl (C=O) groups excluding carboxylic acids is 1. The molecule has 1 unspecified atom stereocenters. The second-order valence-corrected chi connectivity index (χ2v) is 4.08. The first-order valence-electron chi connectivity index (χ1n) is 5.76. The fourth-order valence-corrected chi connectivity index (χ4v) is 1.79. The minimum atomic E-state index is -0.473. The highest BCUT2D eigenvalue weighted by Gasteiger charge is 2.22. The Morgan fingerprint density at radius 3 is 2.84 bits per heavy atom. The molecule has 0 radical (unpaired) electrons. The monoisotopic (exact) mass is 255 g/mol. The molecule has 6 heteroatoms. The first-order chi connectivity index (χ1) is 9.15. The first kappa shape index (κ1) is 12.8. The van der Waals surface area contributed by atoms with Gasteiger partial charge in [-0.1, -0.05) is 12.1 Å². The van der Waals surface area contributed by atoms with Crippen molar-refractivity contribution in [1.82, 2.24) is 14.8 Å². The fraction of sp³-hybridized carbons (Fsp3) is 0.231. The third-order valence-electron chi connectivity index (χ3n) is 2.91. The summed E-state index contributed by atoms with van der Waals surface area (Å²) in [4.78, 5) is 17.6. The number of para-hydroxylation sites is 1. The molecule has 1 aromatic heterocycles. The molecular weight excluding hydrogens is 242 g/mol. The number of nitriles is 1. The molecule has 19 heavy (non-hydrogen) atoms. The number of aromatic nitrogens is 3. The number of amides is 1. The summed E-state index contributed by atoms with van der Waals surface area (Å²) in [5.74, 6) is -0.159. The van der Waals surface area contributed by atoms with Gasteiger partial charge < -0.3 is 4.90 Å². The van der Waals surface area contributed by atoms with Gasteiger partial charge >= 0.3 is 0 Å². The van der Waals surface area contributed by atoms with Gasteiger partial charge in [-0.2, -0.15) is 10.4 Å². The predicted octanol–water partition coefficient (Wildman–Crippen LogP) is 1.37. The van der Waals surface area contributed by atoms with E-state index in [0.29, 0.717) is 11.3 Å². The third kappa shape index (κ3) is 2.45. The number of hydrogen-bond donors (Lipinski definition) is 0. The maximum atomic E-state index is 12.3. The summed E-state index contributed by atoms with van der Waals surface area (Å²) in [6.07, 6.45) is 2.87. The van der Waals surface area contributed by atoms with E-state index in [2.05, 4.69) is 16.2 Å². The molecule has 0 spiro atoms. The van der Waals surface area contributed by atoms with Crippen LogP contribution in [-0.4, -0.2) is 27.7 Å². The third-order valence-corrected chi connectivity index (χ3v) is 2.91.